The van der Waals surface area contributed by atoms with Crippen molar-refractivity contribution < 1.29 is 27.8 Å². The van der Waals surface area contributed by atoms with E-state index in [0.29, 0.717) is 49.2 Å². The van der Waals surface area contributed by atoms with E-state index in [0.717, 1.165) is 11.6 Å². The molecule has 1 saturated carbocycles. The monoisotopic (exact) mass is 444 g/mol. The quantitative estimate of drug-likeness (QED) is 0.640. The summed E-state index contributed by atoms with van der Waals surface area (Å²) < 4.78 is 47.4. The van der Waals surface area contributed by atoms with Gasteiger partial charge in [-0.15, -0.1) is 0 Å². The van der Waals surface area contributed by atoms with Gasteiger partial charge in [-0.25, -0.2) is 13.2 Å². The maximum atomic E-state index is 14.5. The molecular weight excluding hydrogens is 421 g/mol. The van der Waals surface area contributed by atoms with Crippen LogP contribution in [0, 0.1) is 23.4 Å². The molecule has 2 fully saturated rings. The lowest BCUT2D eigenvalue weighted by Gasteiger charge is -2.40. The SMILES string of the molecule is O=C([C@H]1C[C@H](c2c(-c3ccc(F)cc3)[nH]c3c(F)cc(F)cc32)C1)N1CCO[C@H](CO)C1. The summed E-state index contributed by atoms with van der Waals surface area (Å²) in [7, 11) is 0. The first kappa shape index (κ1) is 21.0. The zero-order valence-electron chi connectivity index (χ0n) is 17.3. The van der Waals surface area contributed by atoms with Crippen LogP contribution in [-0.2, 0) is 9.53 Å². The van der Waals surface area contributed by atoms with E-state index in [-0.39, 0.29) is 41.8 Å². The normalized spacial score (nSPS) is 23.4. The molecule has 0 spiro atoms. The standard InChI is InChI=1S/C24H23F3N2O3/c25-16-3-1-13(2-4-16)22-21(19-9-17(26)10-20(27)23(19)28-22)14-7-15(8-14)24(31)29-5-6-32-18(11-29)12-30/h1-4,9-10,14-15,18,28,30H,5-8,11-12H2/t14-,15-,18-/m0/s1. The minimum atomic E-state index is -0.690. The van der Waals surface area contributed by atoms with Crippen molar-refractivity contribution in [1.29, 1.82) is 0 Å². The average molecular weight is 444 g/mol. The lowest BCUT2D eigenvalue weighted by Crippen LogP contribution is -2.50. The Kier molecular flexibility index (Phi) is 5.43. The van der Waals surface area contributed by atoms with Crippen LogP contribution in [0.5, 0.6) is 0 Å². The summed E-state index contributed by atoms with van der Waals surface area (Å²) in [5.74, 6) is -1.98. The molecule has 1 amide bonds. The Balaban J connectivity index is 1.45. The van der Waals surface area contributed by atoms with E-state index in [9.17, 15) is 23.1 Å². The highest BCUT2D eigenvalue weighted by molar-refractivity contribution is 5.92. The Morgan fingerprint density at radius 2 is 1.88 bits per heavy atom. The summed E-state index contributed by atoms with van der Waals surface area (Å²) in [4.78, 5) is 17.7. The van der Waals surface area contributed by atoms with Gasteiger partial charge in [0.05, 0.1) is 30.5 Å². The van der Waals surface area contributed by atoms with E-state index in [4.69, 9.17) is 4.74 Å². The van der Waals surface area contributed by atoms with Crippen molar-refractivity contribution in [1.82, 2.24) is 9.88 Å². The first-order valence-electron chi connectivity index (χ1n) is 10.7. The van der Waals surface area contributed by atoms with Crippen LogP contribution in [0.1, 0.15) is 24.3 Å². The number of aliphatic hydroxyl groups is 1. The number of morpholine rings is 1. The van der Waals surface area contributed by atoms with Gasteiger partial charge in [0, 0.05) is 30.5 Å². The number of fused-ring (bicyclic) bond motifs is 1. The predicted octanol–water partition coefficient (Wildman–Crippen LogP) is 3.97. The molecule has 2 N–H and O–H groups in total. The van der Waals surface area contributed by atoms with E-state index < -0.39 is 11.6 Å². The van der Waals surface area contributed by atoms with Crippen molar-refractivity contribution >= 4 is 16.8 Å². The molecule has 1 saturated heterocycles. The van der Waals surface area contributed by atoms with E-state index in [2.05, 4.69) is 4.98 Å². The topological polar surface area (TPSA) is 65.6 Å². The average Bonchev–Trinajstić information content (AvgIpc) is 3.12. The fourth-order valence-electron chi connectivity index (χ4n) is 4.85. The van der Waals surface area contributed by atoms with Crippen molar-refractivity contribution in [2.45, 2.75) is 24.9 Å². The Bertz CT molecular complexity index is 1160. The first-order valence-corrected chi connectivity index (χ1v) is 10.7. The number of nitrogens with zero attached hydrogens (tertiary/aromatic N) is 1. The third-order valence-electron chi connectivity index (χ3n) is 6.55. The number of hydrogen-bond acceptors (Lipinski definition) is 3. The van der Waals surface area contributed by atoms with Gasteiger partial charge in [-0.05, 0) is 60.2 Å². The fraction of sp³-hybridized carbons (Fsp3) is 0.375. The van der Waals surface area contributed by atoms with Crippen LogP contribution in [0.4, 0.5) is 13.2 Å². The number of H-pyrrole nitrogens is 1. The molecule has 5 rings (SSSR count). The van der Waals surface area contributed by atoms with Crippen LogP contribution in [0.2, 0.25) is 0 Å². The summed E-state index contributed by atoms with van der Waals surface area (Å²) in [6.07, 6.45) is 0.742. The van der Waals surface area contributed by atoms with Crippen molar-refractivity contribution in [3.63, 3.8) is 0 Å². The molecule has 0 unspecified atom stereocenters. The van der Waals surface area contributed by atoms with Crippen LogP contribution in [0.25, 0.3) is 22.2 Å². The molecule has 2 heterocycles. The molecule has 1 aliphatic heterocycles. The Morgan fingerprint density at radius 1 is 1.12 bits per heavy atom. The van der Waals surface area contributed by atoms with Crippen molar-refractivity contribution in [3.8, 4) is 11.3 Å². The highest BCUT2D eigenvalue weighted by Gasteiger charge is 2.41. The van der Waals surface area contributed by atoms with Gasteiger partial charge < -0.3 is 19.7 Å². The molecule has 1 aromatic heterocycles. The molecule has 8 heteroatoms. The lowest BCUT2D eigenvalue weighted by molar-refractivity contribution is -0.147. The maximum absolute atomic E-state index is 14.5. The lowest BCUT2D eigenvalue weighted by atomic mass is 9.69. The maximum Gasteiger partial charge on any atom is 0.225 e. The van der Waals surface area contributed by atoms with Crippen LogP contribution in [-0.4, -0.2) is 53.3 Å². The van der Waals surface area contributed by atoms with E-state index in [1.165, 1.54) is 18.2 Å². The van der Waals surface area contributed by atoms with Crippen molar-refractivity contribution in [2.24, 2.45) is 5.92 Å². The third kappa shape index (κ3) is 3.67. The molecule has 2 aliphatic rings. The molecule has 1 atom stereocenters. The second kappa shape index (κ2) is 8.26. The summed E-state index contributed by atoms with van der Waals surface area (Å²) in [5.41, 5.74) is 2.25. The van der Waals surface area contributed by atoms with Crippen LogP contribution in [0.15, 0.2) is 36.4 Å². The summed E-state index contributed by atoms with van der Waals surface area (Å²) in [6, 6.07) is 7.99. The number of carbonyl (C=O) groups excluding carboxylic acids is 1. The van der Waals surface area contributed by atoms with Gasteiger partial charge in [-0.3, -0.25) is 4.79 Å². The number of carbonyl (C=O) groups is 1. The van der Waals surface area contributed by atoms with Gasteiger partial charge in [0.25, 0.3) is 0 Å². The number of aromatic amines is 1. The Labute approximate surface area is 182 Å². The minimum Gasteiger partial charge on any atom is -0.394 e. The number of halogens is 3. The highest BCUT2D eigenvalue weighted by Crippen LogP contribution is 2.49. The molecule has 32 heavy (non-hydrogen) atoms. The highest BCUT2D eigenvalue weighted by atomic mass is 19.1. The Morgan fingerprint density at radius 3 is 2.59 bits per heavy atom. The van der Waals surface area contributed by atoms with Gasteiger partial charge in [0.15, 0.2) is 0 Å². The van der Waals surface area contributed by atoms with Gasteiger partial charge in [-0.2, -0.15) is 0 Å². The van der Waals surface area contributed by atoms with E-state index in [1.54, 1.807) is 17.0 Å². The zero-order valence-corrected chi connectivity index (χ0v) is 17.3. The summed E-state index contributed by atoms with van der Waals surface area (Å²) in [6.45, 7) is 1.11. The number of ether oxygens (including phenoxy) is 1. The van der Waals surface area contributed by atoms with Gasteiger partial charge >= 0.3 is 0 Å². The smallest absolute Gasteiger partial charge is 0.225 e. The molecule has 1 aliphatic carbocycles. The van der Waals surface area contributed by atoms with Gasteiger partial charge in [-0.1, -0.05) is 0 Å². The van der Waals surface area contributed by atoms with Crippen molar-refractivity contribution in [2.75, 3.05) is 26.3 Å². The zero-order chi connectivity index (χ0) is 22.4. The number of amides is 1. The molecule has 168 valence electrons. The molecule has 0 radical (unpaired) electrons. The number of hydrogen-bond donors (Lipinski definition) is 2. The number of benzene rings is 2. The van der Waals surface area contributed by atoms with Crippen LogP contribution < -0.4 is 0 Å². The largest absolute Gasteiger partial charge is 0.394 e. The van der Waals surface area contributed by atoms with Gasteiger partial charge in [0.2, 0.25) is 5.91 Å². The summed E-state index contributed by atoms with van der Waals surface area (Å²) >= 11 is 0. The second-order valence-corrected chi connectivity index (χ2v) is 8.56. The van der Waals surface area contributed by atoms with Crippen LogP contribution >= 0.6 is 0 Å². The number of aliphatic hydroxyl groups excluding tert-OH is 1. The molecule has 0 bridgehead atoms. The van der Waals surface area contributed by atoms with E-state index >= 15 is 0 Å². The number of nitrogens with one attached hydrogen (secondary N) is 1. The second-order valence-electron chi connectivity index (χ2n) is 8.56. The summed E-state index contributed by atoms with van der Waals surface area (Å²) in [5, 5.41) is 9.77. The minimum absolute atomic E-state index is 0.0172. The fourth-order valence-corrected chi connectivity index (χ4v) is 4.85. The molecule has 3 aromatic rings. The molecule has 5 nitrogen and oxygen atoms in total. The Hall–Kier alpha value is -2.84. The van der Waals surface area contributed by atoms with Crippen LogP contribution in [0.3, 0.4) is 0 Å². The molecule has 2 aromatic carbocycles. The van der Waals surface area contributed by atoms with Gasteiger partial charge in [0.1, 0.15) is 17.5 Å². The first-order chi connectivity index (χ1) is 15.4. The number of rotatable bonds is 4. The number of aromatic nitrogens is 1. The third-order valence-corrected chi connectivity index (χ3v) is 6.55. The van der Waals surface area contributed by atoms with E-state index in [1.807, 2.05) is 0 Å². The molecular formula is C24H23F3N2O3. The predicted molar refractivity (Wildman–Crippen MR) is 112 cm³/mol. The van der Waals surface area contributed by atoms with Crippen molar-refractivity contribution in [3.05, 3.63) is 59.4 Å².